The van der Waals surface area contributed by atoms with Gasteiger partial charge < -0.3 is 10.1 Å². The van der Waals surface area contributed by atoms with E-state index in [0.717, 1.165) is 5.56 Å². The van der Waals surface area contributed by atoms with E-state index in [1.165, 1.54) is 13.2 Å². The molecule has 0 aliphatic rings. The van der Waals surface area contributed by atoms with Crippen LogP contribution in [0.4, 0.5) is 4.39 Å². The van der Waals surface area contributed by atoms with Gasteiger partial charge in [0, 0.05) is 18.2 Å². The summed E-state index contributed by atoms with van der Waals surface area (Å²) in [6, 6.07) is 13.7. The topological polar surface area (TPSA) is 38.3 Å². The molecule has 0 aromatic heterocycles. The fraction of sp³-hybridized carbons (Fsp3) is 0.235. The van der Waals surface area contributed by atoms with Gasteiger partial charge in [0.2, 0.25) is 0 Å². The van der Waals surface area contributed by atoms with Crippen LogP contribution in [-0.4, -0.2) is 13.1 Å². The second kappa shape index (κ2) is 6.99. The molecule has 0 aliphatic heterocycles. The molecule has 0 aliphatic carbocycles. The van der Waals surface area contributed by atoms with E-state index in [1.54, 1.807) is 30.3 Å². The van der Waals surface area contributed by atoms with Crippen LogP contribution in [0.25, 0.3) is 0 Å². The normalized spacial score (nSPS) is 12.0. The Kier molecular flexibility index (Phi) is 5.06. The smallest absolute Gasteiger partial charge is 0.338 e. The van der Waals surface area contributed by atoms with Crippen LogP contribution in [0.15, 0.2) is 48.5 Å². The van der Waals surface area contributed by atoms with Crippen molar-refractivity contribution in [3.8, 4) is 0 Å². The van der Waals surface area contributed by atoms with Gasteiger partial charge in [-0.25, -0.2) is 9.18 Å². The van der Waals surface area contributed by atoms with Gasteiger partial charge in [-0.2, -0.15) is 0 Å². The zero-order valence-electron chi connectivity index (χ0n) is 12.1. The van der Waals surface area contributed by atoms with Crippen molar-refractivity contribution in [3.63, 3.8) is 0 Å². The summed E-state index contributed by atoms with van der Waals surface area (Å²) in [6.45, 7) is 2.35. The number of carbonyl (C=O) groups excluding carboxylic acids is 1. The standard InChI is InChI=1S/C17H18FNO2/c1-12(14-8-5-6-10-16(14)18)19-11-13-7-3-4-9-15(13)17(20)21-2/h3-10,12,19H,11H2,1-2H3/t12-/m1/s1. The van der Waals surface area contributed by atoms with Crippen LogP contribution in [0.2, 0.25) is 0 Å². The van der Waals surface area contributed by atoms with Gasteiger partial charge in [0.1, 0.15) is 5.82 Å². The summed E-state index contributed by atoms with van der Waals surface area (Å²) in [4.78, 5) is 11.7. The maximum Gasteiger partial charge on any atom is 0.338 e. The molecule has 2 aromatic carbocycles. The highest BCUT2D eigenvalue weighted by Crippen LogP contribution is 2.17. The molecule has 21 heavy (non-hydrogen) atoms. The van der Waals surface area contributed by atoms with Gasteiger partial charge in [0.25, 0.3) is 0 Å². The molecular formula is C17H18FNO2. The van der Waals surface area contributed by atoms with Gasteiger partial charge in [-0.3, -0.25) is 0 Å². The molecule has 0 amide bonds. The summed E-state index contributed by atoms with van der Waals surface area (Å²) in [6.07, 6.45) is 0. The largest absolute Gasteiger partial charge is 0.465 e. The molecule has 3 nitrogen and oxygen atoms in total. The zero-order valence-corrected chi connectivity index (χ0v) is 12.1. The van der Waals surface area contributed by atoms with Crippen LogP contribution in [0.1, 0.15) is 34.5 Å². The van der Waals surface area contributed by atoms with Crippen LogP contribution in [-0.2, 0) is 11.3 Å². The van der Waals surface area contributed by atoms with E-state index in [9.17, 15) is 9.18 Å². The molecule has 0 bridgehead atoms. The summed E-state index contributed by atoms with van der Waals surface area (Å²) in [7, 11) is 1.36. The first-order valence-corrected chi connectivity index (χ1v) is 6.77. The molecule has 1 N–H and O–H groups in total. The van der Waals surface area contributed by atoms with Crippen molar-refractivity contribution >= 4 is 5.97 Å². The summed E-state index contributed by atoms with van der Waals surface area (Å²) in [5, 5.41) is 3.23. The lowest BCUT2D eigenvalue weighted by Crippen LogP contribution is -2.20. The highest BCUT2D eigenvalue weighted by molar-refractivity contribution is 5.90. The van der Waals surface area contributed by atoms with Crippen molar-refractivity contribution in [2.45, 2.75) is 19.5 Å². The van der Waals surface area contributed by atoms with Crippen molar-refractivity contribution in [1.82, 2.24) is 5.32 Å². The highest BCUT2D eigenvalue weighted by Gasteiger charge is 2.13. The summed E-state index contributed by atoms with van der Waals surface area (Å²) >= 11 is 0. The minimum atomic E-state index is -0.369. The lowest BCUT2D eigenvalue weighted by Gasteiger charge is -2.16. The third-order valence-electron chi connectivity index (χ3n) is 3.39. The number of ether oxygens (including phenoxy) is 1. The Bertz CT molecular complexity index is 628. The molecule has 0 saturated carbocycles. The Morgan fingerprint density at radius 3 is 2.57 bits per heavy atom. The van der Waals surface area contributed by atoms with E-state index in [-0.39, 0.29) is 17.8 Å². The molecule has 2 aromatic rings. The Balaban J connectivity index is 2.10. The Labute approximate surface area is 123 Å². The third kappa shape index (κ3) is 3.67. The summed E-state index contributed by atoms with van der Waals surface area (Å²) in [5.41, 5.74) is 1.95. The van der Waals surface area contributed by atoms with Gasteiger partial charge in [-0.15, -0.1) is 0 Å². The molecule has 110 valence electrons. The summed E-state index contributed by atoms with van der Waals surface area (Å²) < 4.78 is 18.5. The van der Waals surface area contributed by atoms with E-state index in [1.807, 2.05) is 19.1 Å². The molecule has 4 heteroatoms. The summed E-state index contributed by atoms with van der Waals surface area (Å²) in [5.74, 6) is -0.607. The molecule has 1 atom stereocenters. The lowest BCUT2D eigenvalue weighted by molar-refractivity contribution is 0.0599. The number of rotatable bonds is 5. The van der Waals surface area contributed by atoms with Crippen LogP contribution < -0.4 is 5.32 Å². The number of methoxy groups -OCH3 is 1. The Hall–Kier alpha value is -2.20. The fourth-order valence-corrected chi connectivity index (χ4v) is 2.18. The predicted octanol–water partition coefficient (Wildman–Crippen LogP) is 3.46. The van der Waals surface area contributed by atoms with Crippen molar-refractivity contribution < 1.29 is 13.9 Å². The van der Waals surface area contributed by atoms with Gasteiger partial charge in [0.05, 0.1) is 12.7 Å². The minimum Gasteiger partial charge on any atom is -0.465 e. The first kappa shape index (κ1) is 15.2. The average molecular weight is 287 g/mol. The average Bonchev–Trinajstić information content (AvgIpc) is 2.52. The number of nitrogens with one attached hydrogen (secondary N) is 1. The maximum atomic E-state index is 13.7. The molecular weight excluding hydrogens is 269 g/mol. The molecule has 2 rings (SSSR count). The fourth-order valence-electron chi connectivity index (χ4n) is 2.18. The van der Waals surface area contributed by atoms with Crippen LogP contribution in [0, 0.1) is 5.82 Å². The van der Waals surface area contributed by atoms with Crippen LogP contribution in [0.3, 0.4) is 0 Å². The van der Waals surface area contributed by atoms with Crippen molar-refractivity contribution in [3.05, 3.63) is 71.0 Å². The van der Waals surface area contributed by atoms with E-state index < -0.39 is 0 Å². The van der Waals surface area contributed by atoms with E-state index >= 15 is 0 Å². The second-order valence-corrected chi connectivity index (χ2v) is 4.77. The van der Waals surface area contributed by atoms with Gasteiger partial charge in [0.15, 0.2) is 0 Å². The third-order valence-corrected chi connectivity index (χ3v) is 3.39. The minimum absolute atomic E-state index is 0.156. The first-order chi connectivity index (χ1) is 10.1. The predicted molar refractivity (Wildman–Crippen MR) is 79.4 cm³/mol. The van der Waals surface area contributed by atoms with Crippen molar-refractivity contribution in [1.29, 1.82) is 0 Å². The molecule has 0 saturated heterocycles. The quantitative estimate of drug-likeness (QED) is 0.856. The van der Waals surface area contributed by atoms with Crippen LogP contribution >= 0.6 is 0 Å². The first-order valence-electron chi connectivity index (χ1n) is 6.77. The van der Waals surface area contributed by atoms with Gasteiger partial charge in [-0.1, -0.05) is 36.4 Å². The highest BCUT2D eigenvalue weighted by atomic mass is 19.1. The van der Waals surface area contributed by atoms with Crippen molar-refractivity contribution in [2.75, 3.05) is 7.11 Å². The molecule has 0 radical (unpaired) electrons. The lowest BCUT2D eigenvalue weighted by atomic mass is 10.1. The number of carbonyl (C=O) groups is 1. The number of benzene rings is 2. The van der Waals surface area contributed by atoms with Crippen molar-refractivity contribution in [2.24, 2.45) is 0 Å². The monoisotopic (exact) mass is 287 g/mol. The molecule has 0 spiro atoms. The maximum absolute atomic E-state index is 13.7. The number of hydrogen-bond donors (Lipinski definition) is 1. The van der Waals surface area contributed by atoms with Crippen LogP contribution in [0.5, 0.6) is 0 Å². The SMILES string of the molecule is COC(=O)c1ccccc1CN[C@H](C)c1ccccc1F. The number of hydrogen-bond acceptors (Lipinski definition) is 3. The number of halogens is 1. The molecule has 0 unspecified atom stereocenters. The zero-order chi connectivity index (χ0) is 15.2. The van der Waals surface area contributed by atoms with E-state index in [2.05, 4.69) is 5.32 Å². The Morgan fingerprint density at radius 1 is 1.19 bits per heavy atom. The van der Waals surface area contributed by atoms with Gasteiger partial charge in [-0.05, 0) is 24.6 Å². The number of esters is 1. The second-order valence-electron chi connectivity index (χ2n) is 4.77. The molecule has 0 heterocycles. The Morgan fingerprint density at radius 2 is 1.86 bits per heavy atom. The molecule has 0 fully saturated rings. The van der Waals surface area contributed by atoms with E-state index in [0.29, 0.717) is 17.7 Å². The van der Waals surface area contributed by atoms with Gasteiger partial charge >= 0.3 is 5.97 Å². The van der Waals surface area contributed by atoms with E-state index in [4.69, 9.17) is 4.74 Å².